The second kappa shape index (κ2) is 6.68. The zero-order valence-electron chi connectivity index (χ0n) is 11.7. The van der Waals surface area contributed by atoms with Gasteiger partial charge >= 0.3 is 0 Å². The molecule has 0 saturated carbocycles. The summed E-state index contributed by atoms with van der Waals surface area (Å²) in [5, 5.41) is 4.32. The first-order valence-corrected chi connectivity index (χ1v) is 7.30. The molecule has 4 heteroatoms. The van der Waals surface area contributed by atoms with Crippen LogP contribution in [0.5, 0.6) is 5.75 Å². The monoisotopic (exact) mass is 276 g/mol. The van der Waals surface area contributed by atoms with Crippen LogP contribution < -0.4 is 10.1 Å². The van der Waals surface area contributed by atoms with Crippen molar-refractivity contribution >= 4 is 11.3 Å². The van der Waals surface area contributed by atoms with Gasteiger partial charge in [-0.1, -0.05) is 18.2 Å². The molecule has 0 saturated heterocycles. The van der Waals surface area contributed by atoms with Gasteiger partial charge in [-0.15, -0.1) is 11.3 Å². The van der Waals surface area contributed by atoms with Crippen molar-refractivity contribution in [3.05, 3.63) is 45.4 Å². The number of aryl methyl sites for hydroxylation is 2. The van der Waals surface area contributed by atoms with Crippen LogP contribution in [0.1, 0.15) is 21.1 Å². The molecular weight excluding hydrogens is 256 g/mol. The van der Waals surface area contributed by atoms with Crippen LogP contribution in [0.15, 0.2) is 24.3 Å². The van der Waals surface area contributed by atoms with E-state index in [0.29, 0.717) is 6.61 Å². The van der Waals surface area contributed by atoms with Crippen LogP contribution in [0.2, 0.25) is 0 Å². The molecule has 19 heavy (non-hydrogen) atoms. The van der Waals surface area contributed by atoms with Gasteiger partial charge < -0.3 is 10.1 Å². The Balaban J connectivity index is 1.89. The summed E-state index contributed by atoms with van der Waals surface area (Å²) in [5.41, 5.74) is 2.30. The predicted molar refractivity (Wildman–Crippen MR) is 80.0 cm³/mol. The molecule has 3 nitrogen and oxygen atoms in total. The first-order valence-electron chi connectivity index (χ1n) is 6.49. The number of nitrogens with one attached hydrogen (secondary N) is 1. The minimum atomic E-state index is 0.677. The van der Waals surface area contributed by atoms with E-state index in [9.17, 15) is 0 Å². The summed E-state index contributed by atoms with van der Waals surface area (Å²) >= 11 is 1.77. The third kappa shape index (κ3) is 3.78. The van der Waals surface area contributed by atoms with Gasteiger partial charge in [0.2, 0.25) is 0 Å². The number of ether oxygens (including phenoxy) is 1. The summed E-state index contributed by atoms with van der Waals surface area (Å²) in [7, 11) is 1.96. The number of para-hydroxylation sites is 1. The van der Waals surface area contributed by atoms with Crippen molar-refractivity contribution in [1.82, 2.24) is 10.3 Å². The Morgan fingerprint density at radius 1 is 1.26 bits per heavy atom. The number of aromatic nitrogens is 1. The van der Waals surface area contributed by atoms with Crippen LogP contribution in [0.3, 0.4) is 0 Å². The smallest absolute Gasteiger partial charge is 0.122 e. The van der Waals surface area contributed by atoms with Gasteiger partial charge in [0, 0.05) is 17.8 Å². The summed E-state index contributed by atoms with van der Waals surface area (Å²) in [6, 6.07) is 8.10. The summed E-state index contributed by atoms with van der Waals surface area (Å²) in [4.78, 5) is 5.89. The molecule has 102 valence electrons. The number of benzene rings is 1. The zero-order valence-corrected chi connectivity index (χ0v) is 12.5. The fraction of sp³-hybridized carbons (Fsp3) is 0.400. The lowest BCUT2D eigenvalue weighted by Gasteiger charge is -2.07. The fourth-order valence-electron chi connectivity index (χ4n) is 1.89. The van der Waals surface area contributed by atoms with Crippen LogP contribution >= 0.6 is 11.3 Å². The Bertz CT molecular complexity index is 537. The van der Waals surface area contributed by atoms with Crippen LogP contribution in [0.4, 0.5) is 0 Å². The van der Waals surface area contributed by atoms with Gasteiger partial charge in [-0.3, -0.25) is 0 Å². The molecule has 0 bridgehead atoms. The maximum absolute atomic E-state index is 5.80. The van der Waals surface area contributed by atoms with E-state index in [2.05, 4.69) is 30.2 Å². The van der Waals surface area contributed by atoms with Crippen molar-refractivity contribution in [2.75, 3.05) is 13.7 Å². The Morgan fingerprint density at radius 3 is 2.79 bits per heavy atom. The van der Waals surface area contributed by atoms with Crippen LogP contribution in [0.25, 0.3) is 0 Å². The molecular formula is C15H20N2OS. The van der Waals surface area contributed by atoms with Crippen LogP contribution in [-0.2, 0) is 13.0 Å². The number of nitrogens with zero attached hydrogens (tertiary/aromatic N) is 1. The summed E-state index contributed by atoms with van der Waals surface area (Å²) < 4.78 is 5.80. The number of hydrogen-bond acceptors (Lipinski definition) is 4. The van der Waals surface area contributed by atoms with Crippen molar-refractivity contribution in [3.8, 4) is 5.75 Å². The van der Waals surface area contributed by atoms with Crippen molar-refractivity contribution in [2.45, 2.75) is 26.8 Å². The van der Waals surface area contributed by atoms with E-state index in [1.807, 2.05) is 25.2 Å². The normalized spacial score (nSPS) is 10.7. The molecule has 1 N–H and O–H groups in total. The fourth-order valence-corrected chi connectivity index (χ4v) is 2.95. The van der Waals surface area contributed by atoms with E-state index >= 15 is 0 Å². The van der Waals surface area contributed by atoms with E-state index in [-0.39, 0.29) is 0 Å². The SMILES string of the molecule is CNCc1sc(CCOc2ccccc2C)nc1C. The quantitative estimate of drug-likeness (QED) is 0.880. The van der Waals surface area contributed by atoms with Gasteiger partial charge in [-0.25, -0.2) is 4.98 Å². The van der Waals surface area contributed by atoms with Gasteiger partial charge in [0.25, 0.3) is 0 Å². The lowest BCUT2D eigenvalue weighted by atomic mass is 10.2. The highest BCUT2D eigenvalue weighted by Gasteiger charge is 2.07. The third-order valence-corrected chi connectivity index (χ3v) is 4.16. The van der Waals surface area contributed by atoms with Crippen molar-refractivity contribution < 1.29 is 4.74 Å². The van der Waals surface area contributed by atoms with Crippen molar-refractivity contribution in [1.29, 1.82) is 0 Å². The minimum absolute atomic E-state index is 0.677. The van der Waals surface area contributed by atoms with E-state index in [4.69, 9.17) is 4.74 Å². The standard InChI is InChI=1S/C15H20N2OS/c1-11-6-4-5-7-13(11)18-9-8-15-17-12(2)14(19-15)10-16-3/h4-7,16H,8-10H2,1-3H3. The minimum Gasteiger partial charge on any atom is -0.493 e. The molecule has 2 aromatic rings. The third-order valence-electron chi connectivity index (χ3n) is 2.94. The van der Waals surface area contributed by atoms with Crippen molar-refractivity contribution in [3.63, 3.8) is 0 Å². The molecule has 0 spiro atoms. The predicted octanol–water partition coefficient (Wildman–Crippen LogP) is 3.10. The van der Waals surface area contributed by atoms with Crippen molar-refractivity contribution in [2.24, 2.45) is 0 Å². The van der Waals surface area contributed by atoms with E-state index < -0.39 is 0 Å². The maximum Gasteiger partial charge on any atom is 0.122 e. The lowest BCUT2D eigenvalue weighted by molar-refractivity contribution is 0.319. The Kier molecular flexibility index (Phi) is 4.93. The molecule has 0 aliphatic heterocycles. The first-order chi connectivity index (χ1) is 9.20. The number of hydrogen-bond donors (Lipinski definition) is 1. The average molecular weight is 276 g/mol. The molecule has 1 aromatic carbocycles. The highest BCUT2D eigenvalue weighted by molar-refractivity contribution is 7.11. The molecule has 0 aliphatic carbocycles. The lowest BCUT2D eigenvalue weighted by Crippen LogP contribution is -2.04. The molecule has 0 atom stereocenters. The first kappa shape index (κ1) is 14.0. The number of thiazole rings is 1. The van der Waals surface area contributed by atoms with Crippen LogP contribution in [-0.4, -0.2) is 18.6 Å². The number of rotatable bonds is 6. The molecule has 0 amide bonds. The molecule has 1 aromatic heterocycles. The Labute approximate surface area is 118 Å². The summed E-state index contributed by atoms with van der Waals surface area (Å²) in [5.74, 6) is 0.964. The van der Waals surface area contributed by atoms with E-state index in [1.54, 1.807) is 11.3 Å². The van der Waals surface area contributed by atoms with E-state index in [0.717, 1.165) is 29.4 Å². The zero-order chi connectivity index (χ0) is 13.7. The average Bonchev–Trinajstić information content (AvgIpc) is 2.73. The molecule has 0 unspecified atom stereocenters. The van der Waals surface area contributed by atoms with Crippen LogP contribution in [0, 0.1) is 13.8 Å². The molecule has 1 heterocycles. The molecule has 0 radical (unpaired) electrons. The molecule has 0 fully saturated rings. The second-order valence-electron chi connectivity index (χ2n) is 4.51. The Hall–Kier alpha value is -1.39. The second-order valence-corrected chi connectivity index (χ2v) is 5.68. The summed E-state index contributed by atoms with van der Waals surface area (Å²) in [6.07, 6.45) is 0.865. The van der Waals surface area contributed by atoms with Gasteiger partial charge in [0.05, 0.1) is 17.3 Å². The molecule has 0 aliphatic rings. The van der Waals surface area contributed by atoms with Gasteiger partial charge in [-0.2, -0.15) is 0 Å². The Morgan fingerprint density at radius 2 is 2.05 bits per heavy atom. The maximum atomic E-state index is 5.80. The topological polar surface area (TPSA) is 34.1 Å². The van der Waals surface area contributed by atoms with Gasteiger partial charge in [-0.05, 0) is 32.5 Å². The highest BCUT2D eigenvalue weighted by Crippen LogP contribution is 2.20. The van der Waals surface area contributed by atoms with Gasteiger partial charge in [0.15, 0.2) is 0 Å². The highest BCUT2D eigenvalue weighted by atomic mass is 32.1. The molecule has 2 rings (SSSR count). The van der Waals surface area contributed by atoms with Gasteiger partial charge in [0.1, 0.15) is 5.75 Å². The summed E-state index contributed by atoms with van der Waals surface area (Å²) in [6.45, 7) is 5.70. The van der Waals surface area contributed by atoms with E-state index in [1.165, 1.54) is 10.4 Å². The largest absolute Gasteiger partial charge is 0.493 e.